The number of hydrogen-bond donors (Lipinski definition) is 1. The van der Waals surface area contributed by atoms with E-state index in [-0.39, 0.29) is 18.9 Å². The molecule has 0 spiro atoms. The Morgan fingerprint density at radius 1 is 1.00 bits per heavy atom. The van der Waals surface area contributed by atoms with Gasteiger partial charge in [-0.1, -0.05) is 30.3 Å². The summed E-state index contributed by atoms with van der Waals surface area (Å²) in [7, 11) is -2.04. The van der Waals surface area contributed by atoms with Crippen molar-refractivity contribution >= 4 is 49.2 Å². The Morgan fingerprint density at radius 2 is 1.72 bits per heavy atom. The molecule has 0 atom stereocenters. The fourth-order valence-electron chi connectivity index (χ4n) is 3.71. The number of furan rings is 1. The molecule has 0 aliphatic heterocycles. The molecule has 4 aromatic rings. The molecular formula is C24H24N2O5S. The van der Waals surface area contributed by atoms with Crippen LogP contribution in [0.5, 0.6) is 5.75 Å². The number of hydrogen-bond acceptors (Lipinski definition) is 5. The number of para-hydroxylation sites is 3. The van der Waals surface area contributed by atoms with Crippen LogP contribution >= 0.6 is 0 Å². The van der Waals surface area contributed by atoms with Gasteiger partial charge in [0, 0.05) is 35.5 Å². The lowest BCUT2D eigenvalue weighted by molar-refractivity contribution is -0.116. The number of methoxy groups -OCH3 is 1. The minimum atomic E-state index is -3.54. The number of nitrogens with one attached hydrogen (secondary N) is 1. The van der Waals surface area contributed by atoms with Gasteiger partial charge >= 0.3 is 0 Å². The van der Waals surface area contributed by atoms with Crippen LogP contribution in [0.25, 0.3) is 21.9 Å². The second-order valence-corrected chi connectivity index (χ2v) is 9.37. The first kappa shape index (κ1) is 21.7. The van der Waals surface area contributed by atoms with Gasteiger partial charge in [0.15, 0.2) is 0 Å². The second-order valence-electron chi connectivity index (χ2n) is 7.47. The van der Waals surface area contributed by atoms with Crippen LogP contribution in [0.4, 0.5) is 11.4 Å². The van der Waals surface area contributed by atoms with Gasteiger partial charge in [0.25, 0.3) is 0 Å². The smallest absolute Gasteiger partial charge is 0.232 e. The van der Waals surface area contributed by atoms with E-state index in [0.717, 1.165) is 22.6 Å². The van der Waals surface area contributed by atoms with Gasteiger partial charge in [-0.15, -0.1) is 0 Å². The monoisotopic (exact) mass is 452 g/mol. The minimum absolute atomic E-state index is 0.162. The zero-order valence-corrected chi connectivity index (χ0v) is 18.7. The quantitative estimate of drug-likeness (QED) is 0.416. The molecule has 0 fully saturated rings. The van der Waals surface area contributed by atoms with Crippen LogP contribution in [0.1, 0.15) is 12.8 Å². The first-order valence-electron chi connectivity index (χ1n) is 10.2. The van der Waals surface area contributed by atoms with Crippen molar-refractivity contribution in [2.24, 2.45) is 0 Å². The Bertz CT molecular complexity index is 1380. The molecule has 1 N–H and O–H groups in total. The highest BCUT2D eigenvalue weighted by atomic mass is 32.2. The van der Waals surface area contributed by atoms with Crippen LogP contribution < -0.4 is 14.4 Å². The Labute approximate surface area is 186 Å². The Balaban J connectivity index is 1.42. The van der Waals surface area contributed by atoms with Crippen LogP contribution in [0.2, 0.25) is 0 Å². The van der Waals surface area contributed by atoms with E-state index in [2.05, 4.69) is 5.32 Å². The average Bonchev–Trinajstić information content (AvgIpc) is 3.13. The van der Waals surface area contributed by atoms with Crippen molar-refractivity contribution in [2.45, 2.75) is 12.8 Å². The highest BCUT2D eigenvalue weighted by Crippen LogP contribution is 2.31. The van der Waals surface area contributed by atoms with Crippen molar-refractivity contribution in [2.75, 3.05) is 29.5 Å². The van der Waals surface area contributed by atoms with Gasteiger partial charge in [0.2, 0.25) is 15.9 Å². The third-order valence-electron chi connectivity index (χ3n) is 5.18. The van der Waals surface area contributed by atoms with Gasteiger partial charge in [0.05, 0.1) is 19.1 Å². The van der Waals surface area contributed by atoms with E-state index in [1.54, 1.807) is 30.3 Å². The number of rotatable bonds is 8. The zero-order valence-electron chi connectivity index (χ0n) is 17.9. The number of benzene rings is 3. The Kier molecular flexibility index (Phi) is 6.05. The number of carbonyl (C=O) groups excluding carboxylic acids is 1. The average molecular weight is 453 g/mol. The summed E-state index contributed by atoms with van der Waals surface area (Å²) in [5.41, 5.74) is 2.58. The molecule has 3 aromatic carbocycles. The zero-order chi connectivity index (χ0) is 22.7. The highest BCUT2D eigenvalue weighted by Gasteiger charge is 2.21. The standard InChI is InChI=1S/C24H24N2O5S/c1-30-22-11-6-4-9-20(22)26(32(2,28)29)15-7-12-24(27)25-17-13-14-19-18-8-3-5-10-21(18)31-23(19)16-17/h3-6,8-11,13-14,16H,7,12,15H2,1-2H3,(H,25,27). The SMILES string of the molecule is COc1ccccc1N(CCCC(=O)Nc1ccc2c(c1)oc1ccccc12)S(C)(=O)=O. The molecule has 8 heteroatoms. The van der Waals surface area contributed by atoms with Crippen molar-refractivity contribution in [3.8, 4) is 5.75 Å². The molecule has 0 saturated carbocycles. The molecule has 0 aliphatic rings. The maximum absolute atomic E-state index is 12.5. The van der Waals surface area contributed by atoms with Gasteiger partial charge in [-0.25, -0.2) is 8.42 Å². The van der Waals surface area contributed by atoms with Crippen molar-refractivity contribution in [1.82, 2.24) is 0 Å². The Hall–Kier alpha value is -3.52. The van der Waals surface area contributed by atoms with Crippen molar-refractivity contribution < 1.29 is 22.4 Å². The fraction of sp³-hybridized carbons (Fsp3) is 0.208. The van der Waals surface area contributed by atoms with Gasteiger partial charge in [-0.3, -0.25) is 9.10 Å². The number of carbonyl (C=O) groups is 1. The number of ether oxygens (including phenoxy) is 1. The van der Waals surface area contributed by atoms with Gasteiger partial charge in [-0.05, 0) is 36.8 Å². The Morgan fingerprint density at radius 3 is 2.50 bits per heavy atom. The van der Waals surface area contributed by atoms with E-state index < -0.39 is 10.0 Å². The summed E-state index contributed by atoms with van der Waals surface area (Å²) < 4.78 is 37.1. The maximum atomic E-state index is 12.5. The summed E-state index contributed by atoms with van der Waals surface area (Å²) in [6.45, 7) is 0.162. The summed E-state index contributed by atoms with van der Waals surface area (Å²) in [5.74, 6) is 0.260. The second kappa shape index (κ2) is 8.92. The highest BCUT2D eigenvalue weighted by molar-refractivity contribution is 7.92. The van der Waals surface area contributed by atoms with Crippen molar-refractivity contribution in [1.29, 1.82) is 0 Å². The number of sulfonamides is 1. The molecule has 4 rings (SSSR count). The predicted octanol–water partition coefficient (Wildman–Crippen LogP) is 4.78. The van der Waals surface area contributed by atoms with E-state index in [1.807, 2.05) is 36.4 Å². The largest absolute Gasteiger partial charge is 0.495 e. The lowest BCUT2D eigenvalue weighted by Gasteiger charge is -2.24. The number of anilines is 2. The predicted molar refractivity (Wildman–Crippen MR) is 127 cm³/mol. The topological polar surface area (TPSA) is 88.8 Å². The van der Waals surface area contributed by atoms with E-state index in [0.29, 0.717) is 29.1 Å². The van der Waals surface area contributed by atoms with Crippen LogP contribution in [-0.2, 0) is 14.8 Å². The third-order valence-corrected chi connectivity index (χ3v) is 6.36. The van der Waals surface area contributed by atoms with Crippen LogP contribution in [0.3, 0.4) is 0 Å². The summed E-state index contributed by atoms with van der Waals surface area (Å²) in [5, 5.41) is 4.87. The van der Waals surface area contributed by atoms with E-state index >= 15 is 0 Å². The summed E-state index contributed by atoms with van der Waals surface area (Å²) >= 11 is 0. The summed E-state index contributed by atoms with van der Waals surface area (Å²) in [6.07, 6.45) is 1.66. The summed E-state index contributed by atoms with van der Waals surface area (Å²) in [4.78, 5) is 12.5. The first-order chi connectivity index (χ1) is 15.4. The minimum Gasteiger partial charge on any atom is -0.495 e. The summed E-state index contributed by atoms with van der Waals surface area (Å²) in [6, 6.07) is 20.2. The van der Waals surface area contributed by atoms with Crippen molar-refractivity contribution in [3.05, 3.63) is 66.7 Å². The first-order valence-corrected chi connectivity index (χ1v) is 12.0. The number of amides is 1. The third kappa shape index (κ3) is 4.55. The van der Waals surface area contributed by atoms with Crippen molar-refractivity contribution in [3.63, 3.8) is 0 Å². The van der Waals surface area contributed by atoms with Gasteiger partial charge in [0.1, 0.15) is 16.9 Å². The van der Waals surface area contributed by atoms with Gasteiger partial charge < -0.3 is 14.5 Å². The molecule has 166 valence electrons. The molecule has 1 heterocycles. The molecule has 7 nitrogen and oxygen atoms in total. The molecule has 1 aromatic heterocycles. The normalized spacial score (nSPS) is 11.6. The fourth-order valence-corrected chi connectivity index (χ4v) is 4.68. The molecule has 0 unspecified atom stereocenters. The molecule has 0 saturated heterocycles. The van der Waals surface area contributed by atoms with Crippen LogP contribution in [0.15, 0.2) is 71.1 Å². The molecule has 0 aliphatic carbocycles. The molecule has 0 bridgehead atoms. The number of fused-ring (bicyclic) bond motifs is 3. The maximum Gasteiger partial charge on any atom is 0.232 e. The molecule has 32 heavy (non-hydrogen) atoms. The van der Waals surface area contributed by atoms with E-state index in [1.165, 1.54) is 11.4 Å². The van der Waals surface area contributed by atoms with Crippen LogP contribution in [-0.4, -0.2) is 34.2 Å². The van der Waals surface area contributed by atoms with Gasteiger partial charge in [-0.2, -0.15) is 0 Å². The number of nitrogens with zero attached hydrogens (tertiary/aromatic N) is 1. The lowest BCUT2D eigenvalue weighted by atomic mass is 10.1. The molecule has 1 amide bonds. The lowest BCUT2D eigenvalue weighted by Crippen LogP contribution is -2.31. The van der Waals surface area contributed by atoms with Crippen LogP contribution in [0, 0.1) is 0 Å². The van der Waals surface area contributed by atoms with E-state index in [9.17, 15) is 13.2 Å². The molecular weight excluding hydrogens is 428 g/mol. The van der Waals surface area contributed by atoms with E-state index in [4.69, 9.17) is 9.15 Å². The molecule has 0 radical (unpaired) electrons.